The average molecular weight is 520 g/mol. The lowest BCUT2D eigenvalue weighted by Crippen LogP contribution is -2.55. The van der Waals surface area contributed by atoms with Crippen LogP contribution in [0.2, 0.25) is 0 Å². The van der Waals surface area contributed by atoms with Crippen molar-refractivity contribution in [1.82, 2.24) is 4.48 Å². The van der Waals surface area contributed by atoms with Crippen LogP contribution in [0, 0.1) is 0 Å². The molecule has 0 aliphatic carbocycles. The number of para-hydroxylation sites is 1. The Morgan fingerprint density at radius 3 is 2.45 bits per heavy atom. The number of rotatable bonds is 8. The van der Waals surface area contributed by atoms with Crippen molar-refractivity contribution in [1.29, 1.82) is 0 Å². The van der Waals surface area contributed by atoms with Gasteiger partial charge in [0.05, 0.1) is 31.8 Å². The zero-order valence-corrected chi connectivity index (χ0v) is 21.9. The first-order valence-electron chi connectivity index (χ1n) is 12.4. The smallest absolute Gasteiger partial charge is 0.381 e. The molecule has 4 rings (SSSR count). The summed E-state index contributed by atoms with van der Waals surface area (Å²) < 4.78 is 15.8. The van der Waals surface area contributed by atoms with Crippen LogP contribution in [0.4, 0.5) is 5.69 Å². The molecular weight excluding hydrogens is 488 g/mol. The standard InChI is InChI=1S/C29H31N2O7/c1-29(2,3)38-23(32)13-15-31-16-14-30-24(26(33)28(35)36-4)21-12-8-11-20(25(21)31)17-22(31)27(34)37-18-19-9-6-5-7-10-19/h5-12,14,16,22H,13,15,17-18H2,1-4H3/q+1. The van der Waals surface area contributed by atoms with Crippen molar-refractivity contribution >= 4 is 35.1 Å². The Morgan fingerprint density at radius 1 is 1.03 bits per heavy atom. The number of nitrogens with zero attached hydrogens (tertiary/aromatic N) is 2. The van der Waals surface area contributed by atoms with E-state index in [4.69, 9.17) is 9.47 Å². The average Bonchev–Trinajstić information content (AvgIpc) is 3.11. The van der Waals surface area contributed by atoms with Crippen LogP contribution in [-0.2, 0) is 46.4 Å². The third-order valence-corrected chi connectivity index (χ3v) is 6.48. The van der Waals surface area contributed by atoms with Crippen molar-refractivity contribution in [3.8, 4) is 0 Å². The Morgan fingerprint density at radius 2 is 1.76 bits per heavy atom. The summed E-state index contributed by atoms with van der Waals surface area (Å²) in [6.45, 7) is 5.62. The van der Waals surface area contributed by atoms with Gasteiger partial charge < -0.3 is 14.2 Å². The summed E-state index contributed by atoms with van der Waals surface area (Å²) in [5.74, 6) is -2.81. The summed E-state index contributed by atoms with van der Waals surface area (Å²) in [5.41, 5.74) is 1.92. The molecule has 9 nitrogen and oxygen atoms in total. The largest absolute Gasteiger partial charge is 0.463 e. The molecule has 0 N–H and O–H groups in total. The highest BCUT2D eigenvalue weighted by molar-refractivity contribution is 6.67. The molecule has 2 aliphatic heterocycles. The quantitative estimate of drug-likeness (QED) is 0.228. The second-order valence-corrected chi connectivity index (χ2v) is 10.2. The van der Waals surface area contributed by atoms with Crippen molar-refractivity contribution in [2.45, 2.75) is 51.9 Å². The van der Waals surface area contributed by atoms with E-state index in [0.29, 0.717) is 17.7 Å². The number of hydrogen-bond acceptors (Lipinski definition) is 8. The zero-order valence-electron chi connectivity index (χ0n) is 21.9. The third-order valence-electron chi connectivity index (χ3n) is 6.48. The fourth-order valence-electron chi connectivity index (χ4n) is 4.92. The van der Waals surface area contributed by atoms with E-state index in [1.807, 2.05) is 36.4 Å². The van der Waals surface area contributed by atoms with E-state index in [2.05, 4.69) is 9.73 Å². The van der Waals surface area contributed by atoms with Crippen molar-refractivity contribution < 1.29 is 33.4 Å². The predicted octanol–water partition coefficient (Wildman–Crippen LogP) is 3.41. The van der Waals surface area contributed by atoms with Gasteiger partial charge in [0.1, 0.15) is 24.1 Å². The van der Waals surface area contributed by atoms with Crippen molar-refractivity contribution in [3.63, 3.8) is 0 Å². The van der Waals surface area contributed by atoms with Gasteiger partial charge in [-0.25, -0.2) is 14.6 Å². The number of methoxy groups -OCH3 is 1. The number of ether oxygens (including phenoxy) is 3. The molecule has 38 heavy (non-hydrogen) atoms. The normalized spacial score (nSPS) is 19.6. The Balaban J connectivity index is 1.73. The molecular formula is C29H31N2O7+. The van der Waals surface area contributed by atoms with Gasteiger partial charge in [-0.3, -0.25) is 14.1 Å². The monoisotopic (exact) mass is 519 g/mol. The fourth-order valence-corrected chi connectivity index (χ4v) is 4.92. The first-order chi connectivity index (χ1) is 18.1. The molecule has 2 aromatic rings. The van der Waals surface area contributed by atoms with Gasteiger partial charge >= 0.3 is 17.9 Å². The second-order valence-electron chi connectivity index (χ2n) is 10.2. The first-order valence-corrected chi connectivity index (χ1v) is 12.4. The zero-order chi connectivity index (χ0) is 27.5. The van der Waals surface area contributed by atoms with E-state index in [0.717, 1.165) is 18.2 Å². The Bertz CT molecular complexity index is 1320. The van der Waals surface area contributed by atoms with Crippen LogP contribution >= 0.6 is 0 Å². The summed E-state index contributed by atoms with van der Waals surface area (Å²) in [6.07, 6.45) is 3.40. The van der Waals surface area contributed by atoms with Gasteiger partial charge in [-0.2, -0.15) is 0 Å². The highest BCUT2D eigenvalue weighted by Gasteiger charge is 2.53. The molecule has 198 valence electrons. The van der Waals surface area contributed by atoms with Crippen molar-refractivity contribution in [2.24, 2.45) is 4.99 Å². The van der Waals surface area contributed by atoms with Crippen molar-refractivity contribution in [3.05, 3.63) is 77.6 Å². The highest BCUT2D eigenvalue weighted by atomic mass is 16.6. The molecule has 0 aromatic heterocycles. The molecule has 2 heterocycles. The molecule has 2 aromatic carbocycles. The topological polar surface area (TPSA) is 108 Å². The van der Waals surface area contributed by atoms with Crippen LogP contribution in [0.5, 0.6) is 0 Å². The minimum Gasteiger partial charge on any atom is -0.463 e. The summed E-state index contributed by atoms with van der Waals surface area (Å²) >= 11 is 0. The maximum absolute atomic E-state index is 13.6. The molecule has 0 amide bonds. The van der Waals surface area contributed by atoms with E-state index in [1.165, 1.54) is 6.20 Å². The summed E-state index contributed by atoms with van der Waals surface area (Å²) in [6, 6.07) is 13.9. The Kier molecular flexibility index (Phi) is 7.59. The van der Waals surface area contributed by atoms with Gasteiger partial charge in [0.2, 0.25) is 6.04 Å². The van der Waals surface area contributed by atoms with Crippen LogP contribution in [-0.4, -0.2) is 54.7 Å². The number of benzene rings is 2. The van der Waals surface area contributed by atoms with Crippen LogP contribution < -0.4 is 4.48 Å². The van der Waals surface area contributed by atoms with E-state index in [-0.39, 0.29) is 29.8 Å². The molecule has 0 saturated carbocycles. The molecule has 0 fully saturated rings. The number of esters is 3. The Hall–Kier alpha value is -4.11. The maximum Gasteiger partial charge on any atom is 0.381 e. The van der Waals surface area contributed by atoms with Crippen LogP contribution in [0.25, 0.3) is 0 Å². The number of carbonyl (C=O) groups excluding carboxylic acids is 4. The molecule has 0 saturated heterocycles. The Labute approximate surface area is 221 Å². The highest BCUT2D eigenvalue weighted by Crippen LogP contribution is 2.45. The summed E-state index contributed by atoms with van der Waals surface area (Å²) in [5, 5.41) is 0. The van der Waals surface area contributed by atoms with E-state index < -0.39 is 35.3 Å². The van der Waals surface area contributed by atoms with Gasteiger partial charge in [0, 0.05) is 12.0 Å². The molecule has 0 bridgehead atoms. The van der Waals surface area contributed by atoms with Gasteiger partial charge in [-0.1, -0.05) is 42.5 Å². The third kappa shape index (κ3) is 5.43. The number of aliphatic imine (C=N–C) groups is 1. The number of Topliss-reactive ketones (excluding diaryl/α,β-unsaturated/α-hetero) is 1. The lowest BCUT2D eigenvalue weighted by atomic mass is 10.00. The summed E-state index contributed by atoms with van der Waals surface area (Å²) in [7, 11) is 1.13. The van der Waals surface area contributed by atoms with Crippen LogP contribution in [0.1, 0.15) is 43.9 Å². The molecule has 2 unspecified atom stereocenters. The molecule has 9 heteroatoms. The van der Waals surface area contributed by atoms with Gasteiger partial charge in [0.15, 0.2) is 5.69 Å². The van der Waals surface area contributed by atoms with E-state index in [9.17, 15) is 19.2 Å². The molecule has 2 aliphatic rings. The molecule has 0 radical (unpaired) electrons. The van der Waals surface area contributed by atoms with Crippen LogP contribution in [0.15, 0.2) is 65.9 Å². The van der Waals surface area contributed by atoms with Crippen molar-refractivity contribution in [2.75, 3.05) is 13.7 Å². The number of quaternary nitrogens is 1. The predicted molar refractivity (Wildman–Crippen MR) is 140 cm³/mol. The lowest BCUT2D eigenvalue weighted by molar-refractivity contribution is -0.156. The van der Waals surface area contributed by atoms with Gasteiger partial charge in [-0.15, -0.1) is 0 Å². The fraction of sp³-hybridized carbons (Fsp3) is 0.345. The lowest BCUT2D eigenvalue weighted by Gasteiger charge is -2.35. The molecule has 0 spiro atoms. The number of carbonyl (C=O) groups is 4. The number of ketones is 1. The van der Waals surface area contributed by atoms with Gasteiger partial charge in [0.25, 0.3) is 5.78 Å². The van der Waals surface area contributed by atoms with Crippen LogP contribution in [0.3, 0.4) is 0 Å². The summed E-state index contributed by atoms with van der Waals surface area (Å²) in [4.78, 5) is 55.6. The minimum atomic E-state index is -1.04. The maximum atomic E-state index is 13.6. The minimum absolute atomic E-state index is 0.00185. The van der Waals surface area contributed by atoms with Gasteiger partial charge in [-0.05, 0) is 32.4 Å². The molecule has 2 atom stereocenters. The SMILES string of the molecule is COC(=O)C(=O)C1=NC=C[N+]2(CCC(=O)OC(C)(C)C)c3c(cccc31)CC2C(=O)OCc1ccccc1. The number of hydrogen-bond donors (Lipinski definition) is 0. The van der Waals surface area contributed by atoms with E-state index >= 15 is 0 Å². The first kappa shape index (κ1) is 26.9. The second kappa shape index (κ2) is 10.7. The van der Waals surface area contributed by atoms with E-state index in [1.54, 1.807) is 39.1 Å².